The number of nitrogens with zero attached hydrogens (tertiary/aromatic N) is 3. The fourth-order valence-electron chi connectivity index (χ4n) is 3.63. The third-order valence-corrected chi connectivity index (χ3v) is 6.55. The lowest BCUT2D eigenvalue weighted by molar-refractivity contribution is -0.113. The number of thiazole rings is 1. The lowest BCUT2D eigenvalue weighted by atomic mass is 10.0. The van der Waals surface area contributed by atoms with E-state index < -0.39 is 0 Å². The summed E-state index contributed by atoms with van der Waals surface area (Å²) in [7, 11) is 2.04. The Labute approximate surface area is 175 Å². The monoisotopic (exact) mass is 416 g/mol. The van der Waals surface area contributed by atoms with Gasteiger partial charge < -0.3 is 4.57 Å². The first-order chi connectivity index (χ1) is 14.1. The Kier molecular flexibility index (Phi) is 4.34. The van der Waals surface area contributed by atoms with Crippen LogP contribution in [0.25, 0.3) is 28.2 Å². The van der Waals surface area contributed by atoms with E-state index in [0.717, 1.165) is 27.7 Å². The molecule has 0 aliphatic carbocycles. The maximum absolute atomic E-state index is 13.1. The van der Waals surface area contributed by atoms with Crippen molar-refractivity contribution in [2.45, 2.75) is 0 Å². The van der Waals surface area contributed by atoms with Crippen molar-refractivity contribution in [1.82, 2.24) is 9.55 Å². The molecule has 2 aromatic carbocycles. The summed E-state index contributed by atoms with van der Waals surface area (Å²) in [6.07, 6.45) is 3.56. The van der Waals surface area contributed by atoms with E-state index in [1.165, 1.54) is 28.0 Å². The number of nitrogens with one attached hydrogen (secondary N) is 1. The number of aryl methyl sites for hydroxylation is 1. The van der Waals surface area contributed by atoms with Crippen LogP contribution < -0.4 is 4.90 Å². The first-order valence-corrected chi connectivity index (χ1v) is 10.7. The second-order valence-corrected chi connectivity index (χ2v) is 8.48. The van der Waals surface area contributed by atoms with Crippen LogP contribution in [0.5, 0.6) is 0 Å². The van der Waals surface area contributed by atoms with E-state index >= 15 is 0 Å². The Morgan fingerprint density at radius 1 is 1.07 bits per heavy atom. The van der Waals surface area contributed by atoms with Crippen molar-refractivity contribution in [2.75, 3.05) is 4.90 Å². The van der Waals surface area contributed by atoms with Crippen LogP contribution in [-0.4, -0.2) is 20.6 Å². The molecule has 0 radical (unpaired) electrons. The van der Waals surface area contributed by atoms with Crippen LogP contribution in [0.15, 0.2) is 71.1 Å². The van der Waals surface area contributed by atoms with E-state index in [4.69, 9.17) is 5.41 Å². The molecule has 7 heteroatoms. The second-order valence-electron chi connectivity index (χ2n) is 6.58. The van der Waals surface area contributed by atoms with Gasteiger partial charge >= 0.3 is 0 Å². The third kappa shape index (κ3) is 2.90. The van der Waals surface area contributed by atoms with E-state index in [-0.39, 0.29) is 11.1 Å². The predicted molar refractivity (Wildman–Crippen MR) is 121 cm³/mol. The number of carbonyl (C=O) groups is 1. The van der Waals surface area contributed by atoms with Crippen molar-refractivity contribution in [3.8, 4) is 11.3 Å². The number of aromatic nitrogens is 2. The normalized spacial score (nSPS) is 15.8. The fraction of sp³-hybridized carbons (Fsp3) is 0.0455. The predicted octanol–water partition coefficient (Wildman–Crippen LogP) is 5.36. The van der Waals surface area contributed by atoms with Crippen LogP contribution in [0.1, 0.15) is 5.56 Å². The fourth-order valence-corrected chi connectivity index (χ4v) is 5.16. The highest BCUT2D eigenvalue weighted by molar-refractivity contribution is 8.19. The summed E-state index contributed by atoms with van der Waals surface area (Å²) in [5.74, 6) is -0.207. The van der Waals surface area contributed by atoms with Gasteiger partial charge in [0.25, 0.3) is 5.91 Å². The average Bonchev–Trinajstić information content (AvgIpc) is 3.42. The Bertz CT molecular complexity index is 1270. The minimum atomic E-state index is -0.207. The quantitative estimate of drug-likeness (QED) is 0.458. The van der Waals surface area contributed by atoms with Crippen LogP contribution >= 0.6 is 23.1 Å². The third-order valence-electron chi connectivity index (χ3n) is 4.90. The lowest BCUT2D eigenvalue weighted by Gasteiger charge is -2.09. The second kappa shape index (κ2) is 7.02. The molecular formula is C22H16N4OS2. The number of amides is 1. The molecule has 4 aromatic rings. The summed E-state index contributed by atoms with van der Waals surface area (Å²) in [4.78, 5) is 19.2. The largest absolute Gasteiger partial charge is 0.343 e. The van der Waals surface area contributed by atoms with Gasteiger partial charge in [0.15, 0.2) is 10.3 Å². The first-order valence-electron chi connectivity index (χ1n) is 9.00. The SMILES string of the molecule is Cn1c(-c2ccccc2)c(C=C2SC(=N)N(c3nccs3)C2=O)c2ccccc21. The smallest absolute Gasteiger partial charge is 0.273 e. The van der Waals surface area contributed by atoms with Gasteiger partial charge in [-0.15, -0.1) is 11.3 Å². The van der Waals surface area contributed by atoms with Crippen molar-refractivity contribution in [3.63, 3.8) is 0 Å². The van der Waals surface area contributed by atoms with Gasteiger partial charge in [-0.05, 0) is 29.5 Å². The maximum Gasteiger partial charge on any atom is 0.273 e. The number of carbonyl (C=O) groups excluding carboxylic acids is 1. The van der Waals surface area contributed by atoms with E-state index in [9.17, 15) is 4.79 Å². The standard InChI is InChI=1S/C22H16N4OS2/c1-25-17-10-6-5-9-15(17)16(19(25)14-7-3-2-4-8-14)13-18-20(27)26(21(23)29-18)22-24-11-12-28-22/h2-13,23H,1H3. The summed E-state index contributed by atoms with van der Waals surface area (Å²) in [5.41, 5.74) is 4.21. The molecule has 1 saturated heterocycles. The van der Waals surface area contributed by atoms with Gasteiger partial charge in [0.05, 0.1) is 10.6 Å². The minimum Gasteiger partial charge on any atom is -0.343 e. The molecular weight excluding hydrogens is 400 g/mol. The molecule has 2 aromatic heterocycles. The number of para-hydroxylation sites is 1. The molecule has 1 amide bonds. The summed E-state index contributed by atoms with van der Waals surface area (Å²) < 4.78 is 2.16. The Morgan fingerprint density at radius 3 is 2.59 bits per heavy atom. The molecule has 5 rings (SSSR count). The zero-order chi connectivity index (χ0) is 20.0. The minimum absolute atomic E-state index is 0.178. The number of thioether (sulfide) groups is 1. The van der Waals surface area contributed by atoms with Crippen LogP contribution in [0.2, 0.25) is 0 Å². The average molecular weight is 417 g/mol. The van der Waals surface area contributed by atoms with Crippen molar-refractivity contribution in [1.29, 1.82) is 5.41 Å². The first kappa shape index (κ1) is 17.9. The summed E-state index contributed by atoms with van der Waals surface area (Å²) >= 11 is 2.53. The van der Waals surface area contributed by atoms with Gasteiger partial charge in [0.1, 0.15) is 0 Å². The Balaban J connectivity index is 1.70. The molecule has 0 bridgehead atoms. The highest BCUT2D eigenvalue weighted by atomic mass is 32.2. The molecule has 1 N–H and O–H groups in total. The molecule has 142 valence electrons. The van der Waals surface area contributed by atoms with Gasteiger partial charge in [0.2, 0.25) is 0 Å². The number of fused-ring (bicyclic) bond motifs is 1. The Morgan fingerprint density at radius 2 is 1.83 bits per heavy atom. The van der Waals surface area contributed by atoms with Gasteiger partial charge in [-0.2, -0.15) is 0 Å². The molecule has 1 aliphatic rings. The molecule has 0 unspecified atom stereocenters. The van der Waals surface area contributed by atoms with Crippen LogP contribution in [0.3, 0.4) is 0 Å². The van der Waals surface area contributed by atoms with Gasteiger partial charge in [-0.25, -0.2) is 9.88 Å². The lowest BCUT2D eigenvalue weighted by Crippen LogP contribution is -2.27. The van der Waals surface area contributed by atoms with Gasteiger partial charge in [-0.3, -0.25) is 10.2 Å². The number of amidine groups is 1. The number of anilines is 1. The van der Waals surface area contributed by atoms with Gasteiger partial charge in [-0.1, -0.05) is 48.5 Å². The van der Waals surface area contributed by atoms with Gasteiger partial charge in [0, 0.05) is 35.1 Å². The molecule has 1 fully saturated rings. The molecule has 29 heavy (non-hydrogen) atoms. The topological polar surface area (TPSA) is 62.0 Å². The van der Waals surface area contributed by atoms with E-state index in [1.807, 2.05) is 43.5 Å². The van der Waals surface area contributed by atoms with E-state index in [0.29, 0.717) is 10.0 Å². The molecule has 5 nitrogen and oxygen atoms in total. The highest BCUT2D eigenvalue weighted by Gasteiger charge is 2.35. The molecule has 0 spiro atoms. The van der Waals surface area contributed by atoms with E-state index in [1.54, 1.807) is 11.6 Å². The van der Waals surface area contributed by atoms with Crippen molar-refractivity contribution < 1.29 is 4.79 Å². The maximum atomic E-state index is 13.1. The van der Waals surface area contributed by atoms with Crippen molar-refractivity contribution in [2.24, 2.45) is 7.05 Å². The van der Waals surface area contributed by atoms with E-state index in [2.05, 4.69) is 33.8 Å². The van der Waals surface area contributed by atoms with Crippen LogP contribution in [-0.2, 0) is 11.8 Å². The summed E-state index contributed by atoms with van der Waals surface area (Å²) in [5, 5.41) is 11.9. The zero-order valence-electron chi connectivity index (χ0n) is 15.5. The zero-order valence-corrected chi connectivity index (χ0v) is 17.1. The van der Waals surface area contributed by atoms with Crippen LogP contribution in [0, 0.1) is 5.41 Å². The van der Waals surface area contributed by atoms with Crippen molar-refractivity contribution in [3.05, 3.63) is 76.6 Å². The molecule has 1 aliphatic heterocycles. The molecule has 0 saturated carbocycles. The number of rotatable bonds is 3. The summed E-state index contributed by atoms with van der Waals surface area (Å²) in [6.45, 7) is 0. The summed E-state index contributed by atoms with van der Waals surface area (Å²) in [6, 6.07) is 18.3. The number of hydrogen-bond acceptors (Lipinski definition) is 5. The number of hydrogen-bond donors (Lipinski definition) is 1. The molecule has 3 heterocycles. The Hall–Kier alpha value is -3.16. The highest BCUT2D eigenvalue weighted by Crippen LogP contribution is 2.40. The molecule has 0 atom stereocenters. The van der Waals surface area contributed by atoms with Crippen LogP contribution in [0.4, 0.5) is 5.13 Å². The number of benzene rings is 2. The van der Waals surface area contributed by atoms with Crippen molar-refractivity contribution >= 4 is 56.3 Å².